The maximum absolute atomic E-state index is 12.0. The Morgan fingerprint density at radius 1 is 1.28 bits per heavy atom. The predicted molar refractivity (Wildman–Crippen MR) is 75.5 cm³/mol. The molecule has 0 bridgehead atoms. The number of Topliss-reactive ketones (excluding diaryl/α,β-unsaturated/α-hetero) is 1. The van der Waals surface area contributed by atoms with Gasteiger partial charge in [-0.3, -0.25) is 4.79 Å². The fraction of sp³-hybridized carbons (Fsp3) is 0.938. The Hall–Kier alpha value is -0.370. The minimum Gasteiger partial charge on any atom is -0.305 e. The number of rotatable bonds is 6. The maximum atomic E-state index is 12.0. The average Bonchev–Trinajstić information content (AvgIpc) is 2.99. The first kappa shape index (κ1) is 14.0. The van der Waals surface area contributed by atoms with Crippen molar-refractivity contribution in [2.75, 3.05) is 20.1 Å². The summed E-state index contributed by atoms with van der Waals surface area (Å²) in [5.41, 5.74) is 0. The Morgan fingerprint density at radius 3 is 2.61 bits per heavy atom. The third kappa shape index (κ3) is 3.81. The molecule has 0 aromatic carbocycles. The average molecular weight is 251 g/mol. The largest absolute Gasteiger partial charge is 0.305 e. The summed E-state index contributed by atoms with van der Waals surface area (Å²) in [6, 6.07) is 0. The zero-order valence-electron chi connectivity index (χ0n) is 12.3. The van der Waals surface area contributed by atoms with E-state index in [1.807, 2.05) is 0 Å². The number of carbonyl (C=O) groups excluding carboxylic acids is 1. The van der Waals surface area contributed by atoms with Crippen LogP contribution in [0.4, 0.5) is 0 Å². The molecule has 2 fully saturated rings. The fourth-order valence-corrected chi connectivity index (χ4v) is 3.55. The molecular formula is C16H29NO. The van der Waals surface area contributed by atoms with E-state index in [0.717, 1.165) is 43.6 Å². The van der Waals surface area contributed by atoms with E-state index in [4.69, 9.17) is 0 Å². The summed E-state index contributed by atoms with van der Waals surface area (Å²) in [4.78, 5) is 14.4. The number of hydrogen-bond donors (Lipinski definition) is 0. The second kappa shape index (κ2) is 6.18. The Kier molecular flexibility index (Phi) is 4.83. The topological polar surface area (TPSA) is 20.3 Å². The lowest BCUT2D eigenvalue weighted by atomic mass is 9.78. The van der Waals surface area contributed by atoms with E-state index in [1.54, 1.807) is 0 Å². The van der Waals surface area contributed by atoms with Crippen LogP contribution in [-0.4, -0.2) is 30.8 Å². The molecule has 0 saturated heterocycles. The third-order valence-electron chi connectivity index (χ3n) is 4.92. The Labute approximate surface area is 112 Å². The van der Waals surface area contributed by atoms with Crippen molar-refractivity contribution in [1.29, 1.82) is 0 Å². The van der Waals surface area contributed by atoms with Crippen LogP contribution in [0, 0.1) is 23.7 Å². The quantitative estimate of drug-likeness (QED) is 0.721. The van der Waals surface area contributed by atoms with Crippen molar-refractivity contribution in [3.8, 4) is 0 Å². The van der Waals surface area contributed by atoms with Gasteiger partial charge in [-0.05, 0) is 44.1 Å². The molecular weight excluding hydrogens is 222 g/mol. The van der Waals surface area contributed by atoms with Crippen LogP contribution in [-0.2, 0) is 4.79 Å². The van der Waals surface area contributed by atoms with Gasteiger partial charge >= 0.3 is 0 Å². The summed E-state index contributed by atoms with van der Waals surface area (Å²) in [7, 11) is 2.20. The first-order valence-corrected chi connectivity index (χ1v) is 7.81. The van der Waals surface area contributed by atoms with Gasteiger partial charge in [-0.2, -0.15) is 0 Å². The van der Waals surface area contributed by atoms with Crippen LogP contribution in [0.2, 0.25) is 0 Å². The summed E-state index contributed by atoms with van der Waals surface area (Å²) >= 11 is 0. The summed E-state index contributed by atoms with van der Waals surface area (Å²) < 4.78 is 0. The molecule has 0 radical (unpaired) electrons. The molecule has 2 heteroatoms. The number of carbonyl (C=O) groups is 1. The van der Waals surface area contributed by atoms with Crippen LogP contribution < -0.4 is 0 Å². The minimum atomic E-state index is 0.328. The van der Waals surface area contributed by atoms with Gasteiger partial charge in [0.1, 0.15) is 5.78 Å². The van der Waals surface area contributed by atoms with Crippen LogP contribution in [0.25, 0.3) is 0 Å². The van der Waals surface area contributed by atoms with Crippen LogP contribution in [0.3, 0.4) is 0 Å². The van der Waals surface area contributed by atoms with Gasteiger partial charge in [0.25, 0.3) is 0 Å². The molecule has 2 aliphatic rings. The molecule has 104 valence electrons. The Balaban J connectivity index is 1.76. The lowest BCUT2D eigenvalue weighted by molar-refractivity contribution is -0.126. The number of ketones is 1. The van der Waals surface area contributed by atoms with Crippen LogP contribution in [0.1, 0.15) is 52.4 Å². The summed E-state index contributed by atoms with van der Waals surface area (Å²) in [5, 5.41) is 0. The molecule has 4 atom stereocenters. The zero-order chi connectivity index (χ0) is 13.1. The van der Waals surface area contributed by atoms with Gasteiger partial charge < -0.3 is 4.90 Å². The van der Waals surface area contributed by atoms with Gasteiger partial charge in [0.15, 0.2) is 0 Å². The minimum absolute atomic E-state index is 0.328. The summed E-state index contributed by atoms with van der Waals surface area (Å²) in [6.07, 6.45) is 7.10. The highest BCUT2D eigenvalue weighted by Crippen LogP contribution is 2.38. The molecule has 0 spiro atoms. The highest BCUT2D eigenvalue weighted by molar-refractivity contribution is 5.81. The van der Waals surface area contributed by atoms with Gasteiger partial charge in [0.2, 0.25) is 0 Å². The Bertz CT molecular complexity index is 289. The van der Waals surface area contributed by atoms with Gasteiger partial charge in [0.05, 0.1) is 0 Å². The molecule has 0 amide bonds. The van der Waals surface area contributed by atoms with Crippen molar-refractivity contribution in [2.45, 2.75) is 52.4 Å². The van der Waals surface area contributed by atoms with E-state index >= 15 is 0 Å². The van der Waals surface area contributed by atoms with Crippen molar-refractivity contribution < 1.29 is 4.79 Å². The molecule has 4 unspecified atom stereocenters. The molecule has 0 N–H and O–H groups in total. The van der Waals surface area contributed by atoms with Gasteiger partial charge in [-0.25, -0.2) is 0 Å². The molecule has 2 rings (SSSR count). The lowest BCUT2D eigenvalue weighted by Crippen LogP contribution is -2.35. The molecule has 0 heterocycles. The van der Waals surface area contributed by atoms with Crippen molar-refractivity contribution >= 4 is 5.78 Å². The SMILES string of the molecule is CCCC1CCC(=O)C(CN(C)CC2CC2C)C1. The fourth-order valence-electron chi connectivity index (χ4n) is 3.55. The number of nitrogens with zero attached hydrogens (tertiary/aromatic N) is 1. The first-order valence-electron chi connectivity index (χ1n) is 7.81. The monoisotopic (exact) mass is 251 g/mol. The molecule has 2 nitrogen and oxygen atoms in total. The van der Waals surface area contributed by atoms with Crippen molar-refractivity contribution in [2.24, 2.45) is 23.7 Å². The molecule has 0 aromatic rings. The van der Waals surface area contributed by atoms with Crippen LogP contribution >= 0.6 is 0 Å². The second-order valence-corrected chi connectivity index (χ2v) is 6.79. The van der Waals surface area contributed by atoms with E-state index in [-0.39, 0.29) is 0 Å². The molecule has 2 aliphatic carbocycles. The summed E-state index contributed by atoms with van der Waals surface area (Å²) in [6.45, 7) is 6.79. The van der Waals surface area contributed by atoms with E-state index in [1.165, 1.54) is 25.8 Å². The van der Waals surface area contributed by atoms with E-state index in [2.05, 4.69) is 25.8 Å². The van der Waals surface area contributed by atoms with Gasteiger partial charge in [-0.1, -0.05) is 26.7 Å². The van der Waals surface area contributed by atoms with Crippen molar-refractivity contribution in [1.82, 2.24) is 4.90 Å². The van der Waals surface area contributed by atoms with Crippen molar-refractivity contribution in [3.63, 3.8) is 0 Å². The van der Waals surface area contributed by atoms with E-state index in [0.29, 0.717) is 11.7 Å². The first-order chi connectivity index (χ1) is 8.60. The van der Waals surface area contributed by atoms with Crippen LogP contribution in [0.5, 0.6) is 0 Å². The molecule has 0 aliphatic heterocycles. The maximum Gasteiger partial charge on any atom is 0.137 e. The standard InChI is InChI=1S/C16H29NO/c1-4-5-13-6-7-16(18)15(9-13)11-17(3)10-14-8-12(14)2/h12-15H,4-11H2,1-3H3. The van der Waals surface area contributed by atoms with Gasteiger partial charge in [0, 0.05) is 25.4 Å². The van der Waals surface area contributed by atoms with E-state index < -0.39 is 0 Å². The van der Waals surface area contributed by atoms with Gasteiger partial charge in [-0.15, -0.1) is 0 Å². The smallest absolute Gasteiger partial charge is 0.137 e. The molecule has 0 aromatic heterocycles. The lowest BCUT2D eigenvalue weighted by Gasteiger charge is -2.31. The highest BCUT2D eigenvalue weighted by Gasteiger charge is 2.34. The molecule has 18 heavy (non-hydrogen) atoms. The Morgan fingerprint density at radius 2 is 2.00 bits per heavy atom. The molecule has 2 saturated carbocycles. The zero-order valence-corrected chi connectivity index (χ0v) is 12.3. The normalized spacial score (nSPS) is 36.1. The van der Waals surface area contributed by atoms with Crippen LogP contribution in [0.15, 0.2) is 0 Å². The van der Waals surface area contributed by atoms with E-state index in [9.17, 15) is 4.79 Å². The number of hydrogen-bond acceptors (Lipinski definition) is 2. The van der Waals surface area contributed by atoms with Crippen molar-refractivity contribution in [3.05, 3.63) is 0 Å². The second-order valence-electron chi connectivity index (χ2n) is 6.79. The summed E-state index contributed by atoms with van der Waals surface area (Å²) in [5.74, 6) is 3.49. The third-order valence-corrected chi connectivity index (χ3v) is 4.92. The highest BCUT2D eigenvalue weighted by atomic mass is 16.1. The predicted octanol–water partition coefficient (Wildman–Crippen LogP) is 3.36.